The highest BCUT2D eigenvalue weighted by Gasteiger charge is 2.11. The maximum absolute atomic E-state index is 10.7. The van der Waals surface area contributed by atoms with Crippen molar-refractivity contribution in [2.24, 2.45) is 0 Å². The molecular weight excluding hydrogens is 568 g/mol. The van der Waals surface area contributed by atoms with Crippen LogP contribution in [0.15, 0.2) is 95.5 Å². The van der Waals surface area contributed by atoms with E-state index in [1.807, 2.05) is 66.7 Å². The largest absolute Gasteiger partial charge is 0.489 e. The number of carbonyl (C=O) groups is 1. The molecule has 0 heterocycles. The number of aliphatic carboxylic acids is 1. The van der Waals surface area contributed by atoms with E-state index in [1.54, 1.807) is 6.07 Å². The lowest BCUT2D eigenvalue weighted by molar-refractivity contribution is -0.137. The Morgan fingerprint density at radius 1 is 0.875 bits per heavy atom. The second kappa shape index (κ2) is 14.9. The number of rotatable bonds is 14. The molecule has 0 aromatic heterocycles. The van der Waals surface area contributed by atoms with Crippen molar-refractivity contribution >= 4 is 21.9 Å². The van der Waals surface area contributed by atoms with Crippen molar-refractivity contribution in [3.8, 4) is 28.7 Å². The zero-order chi connectivity index (χ0) is 28.2. The second-order valence-electron chi connectivity index (χ2n) is 9.33. The highest BCUT2D eigenvalue weighted by atomic mass is 79.9. The van der Waals surface area contributed by atoms with Crippen molar-refractivity contribution in [1.82, 2.24) is 5.32 Å². The first-order valence-electron chi connectivity index (χ1n) is 13.2. The lowest BCUT2D eigenvalue weighted by Gasteiger charge is -2.16. The average Bonchev–Trinajstić information content (AvgIpc) is 2.98. The molecule has 2 N–H and O–H groups in total. The third-order valence-electron chi connectivity index (χ3n) is 6.36. The molecule has 4 rings (SSSR count). The molecule has 40 heavy (non-hydrogen) atoms. The van der Waals surface area contributed by atoms with Crippen LogP contribution in [0.25, 0.3) is 11.1 Å². The Balaban J connectivity index is 1.46. The van der Waals surface area contributed by atoms with Gasteiger partial charge in [-0.05, 0) is 70.2 Å². The summed E-state index contributed by atoms with van der Waals surface area (Å²) in [7, 11) is 0. The number of nitrogens with zero attached hydrogens (tertiary/aromatic N) is 1. The van der Waals surface area contributed by atoms with Crippen LogP contribution in [0.3, 0.4) is 0 Å². The van der Waals surface area contributed by atoms with Gasteiger partial charge in [0.15, 0.2) is 0 Å². The zero-order valence-electron chi connectivity index (χ0n) is 22.1. The third-order valence-corrected chi connectivity index (χ3v) is 7.29. The maximum atomic E-state index is 10.7. The van der Waals surface area contributed by atoms with Gasteiger partial charge in [-0.25, -0.2) is 0 Å². The number of hydrogen-bond acceptors (Lipinski definition) is 5. The van der Waals surface area contributed by atoms with E-state index in [-0.39, 0.29) is 6.42 Å². The Morgan fingerprint density at radius 2 is 1.70 bits per heavy atom. The summed E-state index contributed by atoms with van der Waals surface area (Å²) in [4.78, 5) is 10.7. The van der Waals surface area contributed by atoms with E-state index in [1.165, 1.54) is 0 Å². The van der Waals surface area contributed by atoms with E-state index >= 15 is 0 Å². The number of halogens is 1. The van der Waals surface area contributed by atoms with E-state index in [4.69, 9.17) is 14.6 Å². The summed E-state index contributed by atoms with van der Waals surface area (Å²) in [6.07, 6.45) is 1.59. The van der Waals surface area contributed by atoms with Crippen molar-refractivity contribution in [3.05, 3.63) is 118 Å². The van der Waals surface area contributed by atoms with Gasteiger partial charge in [-0.1, -0.05) is 66.7 Å². The molecule has 0 aliphatic heterocycles. The van der Waals surface area contributed by atoms with Crippen LogP contribution < -0.4 is 14.8 Å². The minimum absolute atomic E-state index is 0.175. The van der Waals surface area contributed by atoms with Crippen LogP contribution in [0, 0.1) is 11.3 Å². The summed E-state index contributed by atoms with van der Waals surface area (Å²) in [6, 6.07) is 31.7. The van der Waals surface area contributed by atoms with Crippen molar-refractivity contribution in [2.45, 2.75) is 39.0 Å². The molecule has 0 saturated heterocycles. The first kappa shape index (κ1) is 28.9. The Hall–Kier alpha value is -4.12. The lowest BCUT2D eigenvalue weighted by atomic mass is 10.0. The number of benzene rings is 4. The van der Waals surface area contributed by atoms with Crippen molar-refractivity contribution in [2.75, 3.05) is 6.54 Å². The zero-order valence-corrected chi connectivity index (χ0v) is 23.7. The van der Waals surface area contributed by atoms with Crippen molar-refractivity contribution < 1.29 is 19.4 Å². The minimum Gasteiger partial charge on any atom is -0.489 e. The summed E-state index contributed by atoms with van der Waals surface area (Å²) < 4.78 is 13.4. The van der Waals surface area contributed by atoms with Crippen LogP contribution in [0.5, 0.6) is 11.5 Å². The maximum Gasteiger partial charge on any atom is 0.303 e. The fraction of sp³-hybridized carbons (Fsp3) is 0.212. The normalized spacial score (nSPS) is 10.6. The Kier molecular flexibility index (Phi) is 10.7. The molecule has 0 fully saturated rings. The SMILES string of the molecule is N#Cc1cccc(COc2cc(OCc3cccc(-c4ccccc4)c3Br)ccc2CNCCCCC(=O)O)c1. The first-order valence-corrected chi connectivity index (χ1v) is 14.0. The number of nitriles is 1. The van der Waals surface area contributed by atoms with Gasteiger partial charge in [0.25, 0.3) is 0 Å². The van der Waals surface area contributed by atoms with Crippen LogP contribution in [-0.2, 0) is 24.6 Å². The Morgan fingerprint density at radius 3 is 2.50 bits per heavy atom. The summed E-state index contributed by atoms with van der Waals surface area (Å²) in [5.74, 6) is 0.601. The molecule has 0 saturated carbocycles. The van der Waals surface area contributed by atoms with E-state index in [9.17, 15) is 10.1 Å². The Labute approximate surface area is 243 Å². The van der Waals surface area contributed by atoms with Crippen LogP contribution in [0.1, 0.15) is 41.5 Å². The van der Waals surface area contributed by atoms with Gasteiger partial charge in [0.2, 0.25) is 0 Å². The van der Waals surface area contributed by atoms with E-state index in [0.29, 0.717) is 49.8 Å². The molecule has 7 heteroatoms. The van der Waals surface area contributed by atoms with Crippen LogP contribution in [0.2, 0.25) is 0 Å². The van der Waals surface area contributed by atoms with Crippen molar-refractivity contribution in [1.29, 1.82) is 5.26 Å². The number of ether oxygens (including phenoxy) is 2. The van der Waals surface area contributed by atoms with Crippen LogP contribution >= 0.6 is 15.9 Å². The predicted octanol–water partition coefficient (Wildman–Crippen LogP) is 7.49. The number of unbranched alkanes of at least 4 members (excludes halogenated alkanes) is 1. The monoisotopic (exact) mass is 598 g/mol. The van der Waals surface area contributed by atoms with E-state index < -0.39 is 5.97 Å². The minimum atomic E-state index is -0.773. The molecule has 4 aromatic carbocycles. The van der Waals surface area contributed by atoms with Crippen LogP contribution in [0.4, 0.5) is 0 Å². The van der Waals surface area contributed by atoms with Crippen molar-refractivity contribution in [3.63, 3.8) is 0 Å². The molecule has 0 aliphatic rings. The smallest absolute Gasteiger partial charge is 0.303 e. The molecule has 0 bridgehead atoms. The molecule has 0 aliphatic carbocycles. The second-order valence-corrected chi connectivity index (χ2v) is 10.1. The van der Waals surface area contributed by atoms with Gasteiger partial charge >= 0.3 is 5.97 Å². The molecule has 0 unspecified atom stereocenters. The van der Waals surface area contributed by atoms with E-state index in [2.05, 4.69) is 45.5 Å². The van der Waals surface area contributed by atoms with Gasteiger partial charge in [0.1, 0.15) is 24.7 Å². The highest BCUT2D eigenvalue weighted by Crippen LogP contribution is 2.32. The van der Waals surface area contributed by atoms with Gasteiger partial charge in [0, 0.05) is 34.6 Å². The average molecular weight is 600 g/mol. The molecule has 0 amide bonds. The predicted molar refractivity (Wildman–Crippen MR) is 159 cm³/mol. The van der Waals surface area contributed by atoms with Gasteiger partial charge in [-0.2, -0.15) is 5.26 Å². The fourth-order valence-electron chi connectivity index (χ4n) is 4.24. The molecule has 6 nitrogen and oxygen atoms in total. The molecule has 204 valence electrons. The first-order chi connectivity index (χ1) is 19.5. The topological polar surface area (TPSA) is 91.6 Å². The lowest BCUT2D eigenvalue weighted by Crippen LogP contribution is -2.16. The summed E-state index contributed by atoms with van der Waals surface area (Å²) in [6.45, 7) is 1.98. The highest BCUT2D eigenvalue weighted by molar-refractivity contribution is 9.10. The van der Waals surface area contributed by atoms with Gasteiger partial charge < -0.3 is 19.9 Å². The number of carboxylic acids is 1. The number of nitrogens with one attached hydrogen (secondary N) is 1. The summed E-state index contributed by atoms with van der Waals surface area (Å²) >= 11 is 3.77. The quantitative estimate of drug-likeness (QED) is 0.146. The number of hydrogen-bond donors (Lipinski definition) is 2. The van der Waals surface area contributed by atoms with Gasteiger partial charge in [0.05, 0.1) is 11.6 Å². The van der Waals surface area contributed by atoms with Gasteiger partial charge in [-0.15, -0.1) is 0 Å². The van der Waals surface area contributed by atoms with E-state index in [0.717, 1.165) is 38.7 Å². The molecule has 0 radical (unpaired) electrons. The molecule has 0 atom stereocenters. The number of carboxylic acid groups (broad SMARTS) is 1. The fourth-order valence-corrected chi connectivity index (χ4v) is 4.85. The summed E-state index contributed by atoms with van der Waals surface area (Å²) in [5, 5.41) is 21.4. The van der Waals surface area contributed by atoms with Crippen LogP contribution in [-0.4, -0.2) is 17.6 Å². The van der Waals surface area contributed by atoms with Gasteiger partial charge in [-0.3, -0.25) is 4.79 Å². The third kappa shape index (κ3) is 8.44. The molecular formula is C33H31BrN2O4. The molecule has 4 aromatic rings. The summed E-state index contributed by atoms with van der Waals surface area (Å²) in [5.41, 5.74) is 5.73. The molecule has 0 spiro atoms. The Bertz CT molecular complexity index is 1470. The standard InChI is InChI=1S/C33H31BrN2O4/c34-33-28(12-7-13-30(33)26-10-2-1-3-11-26)23-39-29-16-15-27(21-36-17-5-4-14-32(37)38)31(19-29)40-22-25-9-6-8-24(18-25)20-35/h1-3,6-13,15-16,18-19,36H,4-5,14,17,21-23H2,(H,37,38).